The maximum atomic E-state index is 13.8. The Morgan fingerprint density at radius 2 is 2.16 bits per heavy atom. The Morgan fingerprint density at radius 3 is 2.68 bits per heavy atom. The first-order valence-corrected chi connectivity index (χ1v) is 6.98. The fraction of sp³-hybridized carbons (Fsp3) is 0.500. The van der Waals surface area contributed by atoms with Gasteiger partial charge in [0.05, 0.1) is 12.5 Å². The Morgan fingerprint density at radius 1 is 1.42 bits per heavy atom. The zero-order valence-corrected chi connectivity index (χ0v) is 11.3. The summed E-state index contributed by atoms with van der Waals surface area (Å²) in [6.45, 7) is 1.74. The zero-order chi connectivity index (χ0) is 13.4. The number of carbonyl (C=O) groups excluding carboxylic acids is 1. The highest BCUT2D eigenvalue weighted by Crippen LogP contribution is 2.32. The Balaban J connectivity index is 1.79. The summed E-state index contributed by atoms with van der Waals surface area (Å²) in [5.41, 5.74) is 0.427. The van der Waals surface area contributed by atoms with Crippen LogP contribution >= 0.6 is 11.6 Å². The lowest BCUT2D eigenvalue weighted by Crippen LogP contribution is -2.52. The van der Waals surface area contributed by atoms with E-state index in [1.807, 2.05) is 0 Å². The molecular formula is C14H16ClFN2O. The van der Waals surface area contributed by atoms with Crippen molar-refractivity contribution in [1.29, 1.82) is 0 Å². The number of nitrogens with one attached hydrogen (secondary N) is 1. The van der Waals surface area contributed by atoms with Crippen molar-refractivity contribution in [3.05, 3.63) is 34.6 Å². The van der Waals surface area contributed by atoms with E-state index in [4.69, 9.17) is 11.6 Å². The Bertz CT molecular complexity index is 480. The molecule has 5 heteroatoms. The average molecular weight is 283 g/mol. The normalized spacial score (nSPS) is 19.1. The van der Waals surface area contributed by atoms with Gasteiger partial charge in [0.2, 0.25) is 5.91 Å². The Kier molecular flexibility index (Phi) is 3.46. The van der Waals surface area contributed by atoms with E-state index in [-0.39, 0.29) is 30.2 Å². The molecule has 0 radical (unpaired) electrons. The first kappa shape index (κ1) is 12.9. The second-order valence-electron chi connectivity index (χ2n) is 5.25. The Labute approximate surface area is 116 Å². The zero-order valence-electron chi connectivity index (χ0n) is 10.5. The number of benzene rings is 1. The molecule has 1 aromatic rings. The minimum Gasteiger partial charge on any atom is -0.335 e. The molecule has 1 aromatic carbocycles. The van der Waals surface area contributed by atoms with E-state index < -0.39 is 0 Å². The van der Waals surface area contributed by atoms with Crippen LogP contribution in [0.25, 0.3) is 0 Å². The second-order valence-corrected chi connectivity index (χ2v) is 5.66. The maximum Gasteiger partial charge on any atom is 0.228 e. The van der Waals surface area contributed by atoms with E-state index in [9.17, 15) is 9.18 Å². The van der Waals surface area contributed by atoms with Crippen LogP contribution in [0.5, 0.6) is 0 Å². The van der Waals surface area contributed by atoms with Gasteiger partial charge < -0.3 is 10.2 Å². The van der Waals surface area contributed by atoms with E-state index in [0.717, 1.165) is 25.9 Å². The van der Waals surface area contributed by atoms with E-state index in [1.165, 1.54) is 6.07 Å². The topological polar surface area (TPSA) is 32.3 Å². The third-order valence-electron chi connectivity index (χ3n) is 3.79. The monoisotopic (exact) mass is 282 g/mol. The number of amides is 1. The molecule has 3 rings (SSSR count). The van der Waals surface area contributed by atoms with Gasteiger partial charge in [0, 0.05) is 29.7 Å². The molecule has 1 N–H and O–H groups in total. The molecule has 1 heterocycles. The van der Waals surface area contributed by atoms with Gasteiger partial charge >= 0.3 is 0 Å². The van der Waals surface area contributed by atoms with Gasteiger partial charge in [-0.1, -0.05) is 17.7 Å². The minimum atomic E-state index is -0.335. The van der Waals surface area contributed by atoms with Gasteiger partial charge in [-0.2, -0.15) is 0 Å². The highest BCUT2D eigenvalue weighted by Gasteiger charge is 2.38. The fourth-order valence-corrected chi connectivity index (χ4v) is 2.55. The van der Waals surface area contributed by atoms with Crippen LogP contribution in [-0.2, 0) is 11.3 Å². The van der Waals surface area contributed by atoms with Gasteiger partial charge in [0.15, 0.2) is 0 Å². The molecule has 2 fully saturated rings. The average Bonchev–Trinajstić information content (AvgIpc) is 3.10. The van der Waals surface area contributed by atoms with Crippen LogP contribution in [-0.4, -0.2) is 29.9 Å². The standard InChI is InChI=1S/C14H16ClFN2O/c15-12-2-1-3-13(16)11(12)8-18(10-4-5-10)14(19)9-6-17-7-9/h1-3,9-10,17H,4-8H2. The lowest BCUT2D eigenvalue weighted by atomic mass is 10.0. The third-order valence-corrected chi connectivity index (χ3v) is 4.15. The Hall–Kier alpha value is -1.13. The summed E-state index contributed by atoms with van der Waals surface area (Å²) in [5, 5.41) is 3.49. The molecular weight excluding hydrogens is 267 g/mol. The first-order chi connectivity index (χ1) is 9.16. The van der Waals surface area contributed by atoms with Crippen molar-refractivity contribution in [2.75, 3.05) is 13.1 Å². The molecule has 0 aromatic heterocycles. The van der Waals surface area contributed by atoms with Crippen molar-refractivity contribution in [2.45, 2.75) is 25.4 Å². The van der Waals surface area contributed by atoms with Gasteiger partial charge in [-0.3, -0.25) is 4.79 Å². The third kappa shape index (κ3) is 2.60. The largest absolute Gasteiger partial charge is 0.335 e. The number of carbonyl (C=O) groups is 1. The molecule has 1 saturated carbocycles. The van der Waals surface area contributed by atoms with E-state index in [1.54, 1.807) is 17.0 Å². The summed E-state index contributed by atoms with van der Waals surface area (Å²) in [7, 11) is 0. The van der Waals surface area contributed by atoms with E-state index in [0.29, 0.717) is 10.6 Å². The SMILES string of the molecule is O=C(C1CNC1)N(Cc1c(F)cccc1Cl)C1CC1. The van der Waals surface area contributed by atoms with Crippen LogP contribution in [0, 0.1) is 11.7 Å². The molecule has 0 spiro atoms. The van der Waals surface area contributed by atoms with Crippen molar-refractivity contribution < 1.29 is 9.18 Å². The number of hydrogen-bond donors (Lipinski definition) is 1. The highest BCUT2D eigenvalue weighted by molar-refractivity contribution is 6.31. The predicted molar refractivity (Wildman–Crippen MR) is 71.3 cm³/mol. The lowest BCUT2D eigenvalue weighted by molar-refractivity contribution is -0.138. The van der Waals surface area contributed by atoms with Crippen molar-refractivity contribution in [1.82, 2.24) is 10.2 Å². The molecule has 102 valence electrons. The van der Waals surface area contributed by atoms with Crippen LogP contribution in [0.3, 0.4) is 0 Å². The summed E-state index contributed by atoms with van der Waals surface area (Å²) in [6.07, 6.45) is 2.02. The summed E-state index contributed by atoms with van der Waals surface area (Å²) in [4.78, 5) is 14.2. The molecule has 1 aliphatic carbocycles. The number of rotatable bonds is 4. The van der Waals surface area contributed by atoms with Gasteiger partial charge in [0.1, 0.15) is 5.82 Å². The van der Waals surface area contributed by atoms with Crippen molar-refractivity contribution >= 4 is 17.5 Å². The molecule has 0 atom stereocenters. The van der Waals surface area contributed by atoms with Crippen molar-refractivity contribution in [3.63, 3.8) is 0 Å². The molecule has 0 bridgehead atoms. The second kappa shape index (κ2) is 5.10. The molecule has 0 unspecified atom stereocenters. The number of hydrogen-bond acceptors (Lipinski definition) is 2. The minimum absolute atomic E-state index is 0.0474. The van der Waals surface area contributed by atoms with Crippen molar-refractivity contribution in [2.24, 2.45) is 5.92 Å². The first-order valence-electron chi connectivity index (χ1n) is 6.61. The summed E-state index contributed by atoms with van der Waals surface area (Å²) in [5.74, 6) is -0.163. The molecule has 1 saturated heterocycles. The molecule has 3 nitrogen and oxygen atoms in total. The van der Waals surface area contributed by atoms with E-state index >= 15 is 0 Å². The van der Waals surface area contributed by atoms with E-state index in [2.05, 4.69) is 5.32 Å². The number of halogens is 2. The molecule has 2 aliphatic rings. The van der Waals surface area contributed by atoms with Crippen LogP contribution < -0.4 is 5.32 Å². The van der Waals surface area contributed by atoms with Crippen LogP contribution in [0.2, 0.25) is 5.02 Å². The van der Waals surface area contributed by atoms with Gasteiger partial charge in [-0.25, -0.2) is 4.39 Å². The predicted octanol–water partition coefficient (Wildman–Crippen LogP) is 2.19. The summed E-state index contributed by atoms with van der Waals surface area (Å²) in [6, 6.07) is 4.91. The van der Waals surface area contributed by atoms with Crippen LogP contribution in [0.15, 0.2) is 18.2 Å². The van der Waals surface area contributed by atoms with Gasteiger partial charge in [0.25, 0.3) is 0 Å². The number of nitrogens with zero attached hydrogens (tertiary/aromatic N) is 1. The molecule has 19 heavy (non-hydrogen) atoms. The van der Waals surface area contributed by atoms with Gasteiger partial charge in [-0.05, 0) is 25.0 Å². The molecule has 1 amide bonds. The lowest BCUT2D eigenvalue weighted by Gasteiger charge is -2.33. The van der Waals surface area contributed by atoms with Gasteiger partial charge in [-0.15, -0.1) is 0 Å². The quantitative estimate of drug-likeness (QED) is 0.918. The fourth-order valence-electron chi connectivity index (χ4n) is 2.32. The summed E-state index contributed by atoms with van der Waals surface area (Å²) >= 11 is 6.04. The smallest absolute Gasteiger partial charge is 0.228 e. The summed E-state index contributed by atoms with van der Waals surface area (Å²) < 4.78 is 13.8. The highest BCUT2D eigenvalue weighted by atomic mass is 35.5. The van der Waals surface area contributed by atoms with Crippen LogP contribution in [0.1, 0.15) is 18.4 Å². The van der Waals surface area contributed by atoms with Crippen molar-refractivity contribution in [3.8, 4) is 0 Å². The van der Waals surface area contributed by atoms with Crippen LogP contribution in [0.4, 0.5) is 4.39 Å². The molecule has 1 aliphatic heterocycles. The maximum absolute atomic E-state index is 13.8.